The van der Waals surface area contributed by atoms with Crippen molar-refractivity contribution in [3.63, 3.8) is 0 Å². The van der Waals surface area contributed by atoms with Crippen LogP contribution < -0.4 is 5.32 Å². The highest BCUT2D eigenvalue weighted by atomic mass is 32.2. The van der Waals surface area contributed by atoms with Crippen molar-refractivity contribution in [3.8, 4) is 0 Å². The van der Waals surface area contributed by atoms with Crippen LogP contribution in [0.1, 0.15) is 22.5 Å². The second-order valence-corrected chi connectivity index (χ2v) is 7.56. The molecule has 6 heteroatoms. The number of amides is 1. The van der Waals surface area contributed by atoms with Crippen LogP contribution in [-0.2, 0) is 17.8 Å². The Kier molecular flexibility index (Phi) is 6.66. The van der Waals surface area contributed by atoms with Crippen molar-refractivity contribution >= 4 is 23.4 Å². The Morgan fingerprint density at radius 2 is 1.96 bits per heavy atom. The monoisotopic (exact) mass is 392 g/mol. The van der Waals surface area contributed by atoms with Crippen molar-refractivity contribution in [1.82, 2.24) is 14.8 Å². The van der Waals surface area contributed by atoms with E-state index in [4.69, 9.17) is 0 Å². The SMILES string of the molecule is C=CCn1c(Cc2ccccc2)nnc1SCC(=O)Nc1cc(C)ccc1C. The average Bonchev–Trinajstić information content (AvgIpc) is 3.06. The summed E-state index contributed by atoms with van der Waals surface area (Å²) in [6.45, 7) is 8.43. The van der Waals surface area contributed by atoms with Crippen LogP contribution in [0, 0.1) is 13.8 Å². The van der Waals surface area contributed by atoms with Crippen molar-refractivity contribution in [2.75, 3.05) is 11.1 Å². The molecule has 0 spiro atoms. The number of carbonyl (C=O) groups excluding carboxylic acids is 1. The number of aromatic nitrogens is 3. The lowest BCUT2D eigenvalue weighted by Gasteiger charge is -2.10. The van der Waals surface area contributed by atoms with E-state index in [-0.39, 0.29) is 11.7 Å². The van der Waals surface area contributed by atoms with Crippen molar-refractivity contribution in [3.05, 3.63) is 83.7 Å². The van der Waals surface area contributed by atoms with Gasteiger partial charge in [0.25, 0.3) is 0 Å². The third-order valence-corrected chi connectivity index (χ3v) is 5.28. The van der Waals surface area contributed by atoms with Gasteiger partial charge in [0.15, 0.2) is 5.16 Å². The second kappa shape index (κ2) is 9.37. The minimum Gasteiger partial charge on any atom is -0.325 e. The van der Waals surface area contributed by atoms with Gasteiger partial charge in [-0.15, -0.1) is 16.8 Å². The summed E-state index contributed by atoms with van der Waals surface area (Å²) in [7, 11) is 0. The first kappa shape index (κ1) is 19.9. The van der Waals surface area contributed by atoms with Gasteiger partial charge < -0.3 is 9.88 Å². The Bertz CT molecular complexity index is 966. The quantitative estimate of drug-likeness (QED) is 0.456. The maximum absolute atomic E-state index is 12.4. The Balaban J connectivity index is 1.67. The van der Waals surface area contributed by atoms with Gasteiger partial charge in [0.1, 0.15) is 5.82 Å². The van der Waals surface area contributed by atoms with E-state index in [1.165, 1.54) is 17.3 Å². The number of nitrogens with one attached hydrogen (secondary N) is 1. The highest BCUT2D eigenvalue weighted by Crippen LogP contribution is 2.21. The molecule has 0 atom stereocenters. The molecule has 2 aromatic carbocycles. The van der Waals surface area contributed by atoms with Gasteiger partial charge in [-0.05, 0) is 36.6 Å². The Morgan fingerprint density at radius 1 is 1.18 bits per heavy atom. The Morgan fingerprint density at radius 3 is 2.71 bits per heavy atom. The predicted octanol–water partition coefficient (Wildman–Crippen LogP) is 4.40. The lowest BCUT2D eigenvalue weighted by molar-refractivity contribution is -0.113. The first-order chi connectivity index (χ1) is 13.6. The predicted molar refractivity (Wildman–Crippen MR) is 115 cm³/mol. The van der Waals surface area contributed by atoms with Gasteiger partial charge in [0.2, 0.25) is 5.91 Å². The molecule has 0 aliphatic rings. The molecule has 0 aliphatic carbocycles. The molecule has 144 valence electrons. The van der Waals surface area contributed by atoms with Crippen LogP contribution in [-0.4, -0.2) is 26.4 Å². The summed E-state index contributed by atoms with van der Waals surface area (Å²) < 4.78 is 2.01. The molecule has 28 heavy (non-hydrogen) atoms. The Hall–Kier alpha value is -2.86. The van der Waals surface area contributed by atoms with Gasteiger partial charge in [-0.2, -0.15) is 0 Å². The van der Waals surface area contributed by atoms with Gasteiger partial charge in [-0.3, -0.25) is 4.79 Å². The molecular weight excluding hydrogens is 368 g/mol. The molecular formula is C22H24N4OS. The number of allylic oxidation sites excluding steroid dienone is 1. The maximum atomic E-state index is 12.4. The van der Waals surface area contributed by atoms with Gasteiger partial charge in [0, 0.05) is 18.7 Å². The molecule has 0 saturated heterocycles. The van der Waals surface area contributed by atoms with Gasteiger partial charge in [-0.25, -0.2) is 0 Å². The summed E-state index contributed by atoms with van der Waals surface area (Å²) in [5, 5.41) is 12.3. The summed E-state index contributed by atoms with van der Waals surface area (Å²) in [6.07, 6.45) is 2.51. The molecule has 1 amide bonds. The van der Waals surface area contributed by atoms with Crippen LogP contribution >= 0.6 is 11.8 Å². The molecule has 3 rings (SSSR count). The van der Waals surface area contributed by atoms with E-state index in [0.717, 1.165) is 27.8 Å². The van der Waals surface area contributed by atoms with E-state index < -0.39 is 0 Å². The number of nitrogens with zero attached hydrogens (tertiary/aromatic N) is 3. The van der Waals surface area contributed by atoms with Gasteiger partial charge in [-0.1, -0.05) is 60.3 Å². The highest BCUT2D eigenvalue weighted by Gasteiger charge is 2.14. The van der Waals surface area contributed by atoms with Crippen LogP contribution in [0.3, 0.4) is 0 Å². The summed E-state index contributed by atoms with van der Waals surface area (Å²) in [5.74, 6) is 1.08. The minimum atomic E-state index is -0.0588. The minimum absolute atomic E-state index is 0.0588. The van der Waals surface area contributed by atoms with Crippen LogP contribution in [0.2, 0.25) is 0 Å². The summed E-state index contributed by atoms with van der Waals surface area (Å²) >= 11 is 1.39. The Labute approximate surface area is 169 Å². The summed E-state index contributed by atoms with van der Waals surface area (Å²) in [6, 6.07) is 16.2. The lowest BCUT2D eigenvalue weighted by Crippen LogP contribution is -2.15. The number of aryl methyl sites for hydroxylation is 2. The lowest BCUT2D eigenvalue weighted by atomic mass is 10.1. The third-order valence-electron chi connectivity index (χ3n) is 4.31. The third kappa shape index (κ3) is 5.10. The maximum Gasteiger partial charge on any atom is 0.234 e. The van der Waals surface area contributed by atoms with E-state index in [1.807, 2.05) is 60.9 Å². The van der Waals surface area contributed by atoms with Crippen LogP contribution in [0.5, 0.6) is 0 Å². The first-order valence-corrected chi connectivity index (χ1v) is 10.1. The normalized spacial score (nSPS) is 10.6. The molecule has 0 saturated carbocycles. The number of rotatable bonds is 8. The highest BCUT2D eigenvalue weighted by molar-refractivity contribution is 7.99. The standard InChI is InChI=1S/C22H24N4OS/c1-4-12-26-20(14-18-8-6-5-7-9-18)24-25-22(26)28-15-21(27)23-19-13-16(2)10-11-17(19)3/h4-11,13H,1,12,14-15H2,2-3H3,(H,23,27). The van der Waals surface area contributed by atoms with E-state index >= 15 is 0 Å². The zero-order valence-electron chi connectivity index (χ0n) is 16.2. The van der Waals surface area contributed by atoms with Crippen LogP contribution in [0.25, 0.3) is 0 Å². The van der Waals surface area contributed by atoms with Crippen molar-refractivity contribution in [2.45, 2.75) is 32.0 Å². The number of hydrogen-bond donors (Lipinski definition) is 1. The number of benzene rings is 2. The fraction of sp³-hybridized carbons (Fsp3) is 0.227. The number of thioether (sulfide) groups is 1. The fourth-order valence-corrected chi connectivity index (χ4v) is 3.60. The molecule has 0 bridgehead atoms. The van der Waals surface area contributed by atoms with E-state index in [1.54, 1.807) is 0 Å². The molecule has 1 N–H and O–H groups in total. The summed E-state index contributed by atoms with van der Waals surface area (Å²) in [4.78, 5) is 12.4. The average molecular weight is 393 g/mol. The fourth-order valence-electron chi connectivity index (χ4n) is 2.83. The molecule has 0 unspecified atom stereocenters. The number of anilines is 1. The molecule has 1 aromatic heterocycles. The zero-order chi connectivity index (χ0) is 19.9. The van der Waals surface area contributed by atoms with Crippen molar-refractivity contribution < 1.29 is 4.79 Å². The number of hydrogen-bond acceptors (Lipinski definition) is 4. The molecule has 0 aliphatic heterocycles. The van der Waals surface area contributed by atoms with Crippen LogP contribution in [0.15, 0.2) is 66.3 Å². The topological polar surface area (TPSA) is 59.8 Å². The second-order valence-electron chi connectivity index (χ2n) is 6.62. The molecule has 3 aromatic rings. The van der Waals surface area contributed by atoms with Crippen molar-refractivity contribution in [1.29, 1.82) is 0 Å². The molecule has 5 nitrogen and oxygen atoms in total. The van der Waals surface area contributed by atoms with E-state index in [2.05, 4.69) is 34.2 Å². The zero-order valence-corrected chi connectivity index (χ0v) is 17.0. The number of carbonyl (C=O) groups is 1. The van der Waals surface area contributed by atoms with Crippen LogP contribution in [0.4, 0.5) is 5.69 Å². The smallest absolute Gasteiger partial charge is 0.234 e. The van der Waals surface area contributed by atoms with Crippen molar-refractivity contribution in [2.24, 2.45) is 0 Å². The summed E-state index contributed by atoms with van der Waals surface area (Å²) in [5.41, 5.74) is 4.18. The molecule has 0 radical (unpaired) electrons. The molecule has 1 heterocycles. The van der Waals surface area contributed by atoms with Gasteiger partial charge >= 0.3 is 0 Å². The van der Waals surface area contributed by atoms with E-state index in [0.29, 0.717) is 13.0 Å². The van der Waals surface area contributed by atoms with Gasteiger partial charge in [0.05, 0.1) is 5.75 Å². The van der Waals surface area contributed by atoms with E-state index in [9.17, 15) is 4.79 Å². The first-order valence-electron chi connectivity index (χ1n) is 9.13. The largest absolute Gasteiger partial charge is 0.325 e. The molecule has 0 fully saturated rings.